The zero-order chi connectivity index (χ0) is 14.5. The van der Waals surface area contributed by atoms with Crippen LogP contribution in [-0.4, -0.2) is 36.5 Å². The van der Waals surface area contributed by atoms with E-state index in [0.717, 1.165) is 25.9 Å². The molecular formula is C15H21ClN2O2. The lowest BCUT2D eigenvalue weighted by atomic mass is 9.97. The summed E-state index contributed by atoms with van der Waals surface area (Å²) >= 11 is 6.03. The largest absolute Gasteiger partial charge is 0.479 e. The maximum atomic E-state index is 12.3. The minimum atomic E-state index is -0.524. The molecular weight excluding hydrogens is 276 g/mol. The molecule has 0 aromatic heterocycles. The molecule has 1 aliphatic heterocycles. The number of rotatable bonds is 4. The van der Waals surface area contributed by atoms with Gasteiger partial charge in [0.05, 0.1) is 5.02 Å². The average Bonchev–Trinajstić information content (AvgIpc) is 2.49. The van der Waals surface area contributed by atoms with Gasteiger partial charge in [-0.3, -0.25) is 4.79 Å². The van der Waals surface area contributed by atoms with Crippen molar-refractivity contribution in [3.05, 3.63) is 29.3 Å². The zero-order valence-corrected chi connectivity index (χ0v) is 12.5. The molecule has 4 nitrogen and oxygen atoms in total. The summed E-state index contributed by atoms with van der Waals surface area (Å²) in [7, 11) is 0. The summed E-state index contributed by atoms with van der Waals surface area (Å²) in [5.74, 6) is 1.10. The third kappa shape index (κ3) is 3.64. The van der Waals surface area contributed by atoms with Crippen molar-refractivity contribution in [3.8, 4) is 5.75 Å². The first-order valence-electron chi connectivity index (χ1n) is 7.02. The Labute approximate surface area is 124 Å². The average molecular weight is 297 g/mol. The molecule has 0 saturated carbocycles. The molecule has 1 amide bonds. The predicted molar refractivity (Wildman–Crippen MR) is 79.9 cm³/mol. The molecule has 1 atom stereocenters. The Balaban J connectivity index is 1.91. The number of para-hydroxylation sites is 1. The van der Waals surface area contributed by atoms with Gasteiger partial charge in [0.15, 0.2) is 6.10 Å². The number of likely N-dealkylation sites (tertiary alicyclic amines) is 1. The van der Waals surface area contributed by atoms with Crippen molar-refractivity contribution >= 4 is 17.5 Å². The topological polar surface area (TPSA) is 55.6 Å². The van der Waals surface area contributed by atoms with Crippen LogP contribution in [0.5, 0.6) is 5.75 Å². The number of amides is 1. The first-order valence-corrected chi connectivity index (χ1v) is 7.39. The smallest absolute Gasteiger partial charge is 0.263 e. The fourth-order valence-electron chi connectivity index (χ4n) is 2.43. The molecule has 0 radical (unpaired) electrons. The molecule has 110 valence electrons. The van der Waals surface area contributed by atoms with E-state index in [-0.39, 0.29) is 5.91 Å². The Hall–Kier alpha value is -1.26. The van der Waals surface area contributed by atoms with Crippen LogP contribution in [0.1, 0.15) is 19.8 Å². The first kappa shape index (κ1) is 15.1. The molecule has 0 bridgehead atoms. The van der Waals surface area contributed by atoms with E-state index in [0.29, 0.717) is 23.2 Å². The summed E-state index contributed by atoms with van der Waals surface area (Å²) in [4.78, 5) is 14.2. The van der Waals surface area contributed by atoms with E-state index < -0.39 is 6.10 Å². The summed E-state index contributed by atoms with van der Waals surface area (Å²) < 4.78 is 5.67. The molecule has 2 rings (SSSR count). The van der Waals surface area contributed by atoms with Crippen molar-refractivity contribution in [3.63, 3.8) is 0 Å². The predicted octanol–water partition coefficient (Wildman–Crippen LogP) is 2.30. The summed E-state index contributed by atoms with van der Waals surface area (Å²) in [5.41, 5.74) is 5.66. The van der Waals surface area contributed by atoms with Gasteiger partial charge in [-0.05, 0) is 44.4 Å². The van der Waals surface area contributed by atoms with Crippen molar-refractivity contribution in [2.24, 2.45) is 11.7 Å². The van der Waals surface area contributed by atoms with Gasteiger partial charge in [-0.1, -0.05) is 23.7 Å². The summed E-state index contributed by atoms with van der Waals surface area (Å²) in [6.45, 7) is 3.99. The SMILES string of the molecule is C[C@@H](Oc1ccccc1Cl)C(=O)N1CCC(CN)CC1. The number of carbonyl (C=O) groups is 1. The Morgan fingerprint density at radius 1 is 1.45 bits per heavy atom. The van der Waals surface area contributed by atoms with E-state index >= 15 is 0 Å². The van der Waals surface area contributed by atoms with Crippen LogP contribution in [0, 0.1) is 5.92 Å². The lowest BCUT2D eigenvalue weighted by Gasteiger charge is -2.33. The Morgan fingerprint density at radius 3 is 2.70 bits per heavy atom. The highest BCUT2D eigenvalue weighted by molar-refractivity contribution is 6.32. The van der Waals surface area contributed by atoms with Crippen molar-refractivity contribution in [1.82, 2.24) is 4.90 Å². The van der Waals surface area contributed by atoms with Crippen LogP contribution in [0.2, 0.25) is 5.02 Å². The van der Waals surface area contributed by atoms with Gasteiger partial charge in [-0.25, -0.2) is 0 Å². The third-order valence-corrected chi connectivity index (χ3v) is 4.06. The van der Waals surface area contributed by atoms with Crippen LogP contribution in [0.25, 0.3) is 0 Å². The molecule has 0 spiro atoms. The minimum absolute atomic E-state index is 0.0143. The van der Waals surface area contributed by atoms with Gasteiger partial charge in [0.25, 0.3) is 5.91 Å². The third-order valence-electron chi connectivity index (χ3n) is 3.75. The van der Waals surface area contributed by atoms with Crippen LogP contribution in [-0.2, 0) is 4.79 Å². The number of ether oxygens (including phenoxy) is 1. The highest BCUT2D eigenvalue weighted by Gasteiger charge is 2.26. The van der Waals surface area contributed by atoms with Crippen molar-refractivity contribution in [2.75, 3.05) is 19.6 Å². The number of hydrogen-bond acceptors (Lipinski definition) is 3. The zero-order valence-electron chi connectivity index (χ0n) is 11.7. The fraction of sp³-hybridized carbons (Fsp3) is 0.533. The van der Waals surface area contributed by atoms with Gasteiger partial charge in [0.1, 0.15) is 5.75 Å². The molecule has 1 aromatic rings. The van der Waals surface area contributed by atoms with E-state index in [4.69, 9.17) is 22.1 Å². The van der Waals surface area contributed by atoms with E-state index in [1.54, 1.807) is 19.1 Å². The van der Waals surface area contributed by atoms with E-state index in [2.05, 4.69) is 0 Å². The highest BCUT2D eigenvalue weighted by Crippen LogP contribution is 2.25. The summed E-state index contributed by atoms with van der Waals surface area (Å²) in [6, 6.07) is 7.19. The first-order chi connectivity index (χ1) is 9.61. The number of benzene rings is 1. The monoisotopic (exact) mass is 296 g/mol. The van der Waals surface area contributed by atoms with Gasteiger partial charge in [-0.2, -0.15) is 0 Å². The quantitative estimate of drug-likeness (QED) is 0.927. The minimum Gasteiger partial charge on any atom is -0.479 e. The number of nitrogens with zero attached hydrogens (tertiary/aromatic N) is 1. The standard InChI is InChI=1S/C15H21ClN2O2/c1-11(20-14-5-3-2-4-13(14)16)15(19)18-8-6-12(10-17)7-9-18/h2-5,11-12H,6-10,17H2,1H3/t11-/m1/s1. The molecule has 1 fully saturated rings. The van der Waals surface area contributed by atoms with Crippen LogP contribution in [0.4, 0.5) is 0 Å². The van der Waals surface area contributed by atoms with Crippen molar-refractivity contribution in [2.45, 2.75) is 25.9 Å². The van der Waals surface area contributed by atoms with Crippen LogP contribution in [0.15, 0.2) is 24.3 Å². The van der Waals surface area contributed by atoms with Crippen molar-refractivity contribution in [1.29, 1.82) is 0 Å². The molecule has 0 unspecified atom stereocenters. The second-order valence-corrected chi connectivity index (χ2v) is 5.60. The second-order valence-electron chi connectivity index (χ2n) is 5.19. The Kier molecular flexibility index (Phi) is 5.26. The molecule has 1 aromatic carbocycles. The molecule has 1 aliphatic rings. The molecule has 20 heavy (non-hydrogen) atoms. The lowest BCUT2D eigenvalue weighted by molar-refractivity contribution is -0.139. The number of nitrogens with two attached hydrogens (primary N) is 1. The van der Waals surface area contributed by atoms with Gasteiger partial charge >= 0.3 is 0 Å². The van der Waals surface area contributed by atoms with E-state index in [1.807, 2.05) is 17.0 Å². The fourth-order valence-corrected chi connectivity index (χ4v) is 2.61. The number of halogens is 1. The van der Waals surface area contributed by atoms with Gasteiger partial charge < -0.3 is 15.4 Å². The number of piperidine rings is 1. The molecule has 1 saturated heterocycles. The molecule has 2 N–H and O–H groups in total. The highest BCUT2D eigenvalue weighted by atomic mass is 35.5. The van der Waals surface area contributed by atoms with E-state index in [9.17, 15) is 4.79 Å². The number of carbonyl (C=O) groups excluding carboxylic acids is 1. The van der Waals surface area contributed by atoms with Crippen molar-refractivity contribution < 1.29 is 9.53 Å². The van der Waals surface area contributed by atoms with Gasteiger partial charge in [0.2, 0.25) is 0 Å². The maximum Gasteiger partial charge on any atom is 0.263 e. The Morgan fingerprint density at radius 2 is 2.10 bits per heavy atom. The normalized spacial score (nSPS) is 17.9. The molecule has 5 heteroatoms. The van der Waals surface area contributed by atoms with Gasteiger partial charge in [-0.15, -0.1) is 0 Å². The van der Waals surface area contributed by atoms with Crippen LogP contribution in [0.3, 0.4) is 0 Å². The maximum absolute atomic E-state index is 12.3. The van der Waals surface area contributed by atoms with Gasteiger partial charge in [0, 0.05) is 13.1 Å². The summed E-state index contributed by atoms with van der Waals surface area (Å²) in [6.07, 6.45) is 1.42. The van der Waals surface area contributed by atoms with Crippen LogP contribution < -0.4 is 10.5 Å². The second kappa shape index (κ2) is 6.95. The van der Waals surface area contributed by atoms with E-state index in [1.165, 1.54) is 0 Å². The number of hydrogen-bond donors (Lipinski definition) is 1. The molecule has 1 heterocycles. The molecule has 0 aliphatic carbocycles. The lowest BCUT2D eigenvalue weighted by Crippen LogP contribution is -2.45. The van der Waals surface area contributed by atoms with Crippen LogP contribution >= 0.6 is 11.6 Å². The Bertz CT molecular complexity index is 459. The summed E-state index contributed by atoms with van der Waals surface area (Å²) in [5, 5.41) is 0.522.